The molecule has 2 heterocycles. The fourth-order valence-electron chi connectivity index (χ4n) is 7.40. The molecule has 0 aliphatic rings. The van der Waals surface area contributed by atoms with Crippen LogP contribution in [0.1, 0.15) is 11.1 Å². The van der Waals surface area contributed by atoms with E-state index in [1.165, 1.54) is 48.5 Å². The standard InChI is InChI=1S/C44H22F4N4/c45-29-7-11-40-36(17-29)37-18-30(46)8-12-41(37)51(40)33-21-34(27-5-1-3-25(15-27)23-49)44(35(22-33)28-6-2-4-26(16-28)24-50)52-42-13-9-31(47)19-38(42)39-20-32(48)10-14-43(39)52/h1-22H. The third-order valence-electron chi connectivity index (χ3n) is 9.56. The predicted octanol–water partition coefficient (Wildman–Crippen LogP) is 11.5. The van der Waals surface area contributed by atoms with Gasteiger partial charge in [0.05, 0.1) is 51.0 Å². The number of benzene rings is 7. The molecule has 4 nitrogen and oxygen atoms in total. The van der Waals surface area contributed by atoms with Crippen molar-refractivity contribution in [2.45, 2.75) is 0 Å². The van der Waals surface area contributed by atoms with E-state index in [9.17, 15) is 28.1 Å². The highest BCUT2D eigenvalue weighted by Gasteiger charge is 2.24. The molecule has 7 aromatic carbocycles. The van der Waals surface area contributed by atoms with Gasteiger partial charge in [-0.2, -0.15) is 10.5 Å². The summed E-state index contributed by atoms with van der Waals surface area (Å²) in [5.41, 5.74) is 7.21. The summed E-state index contributed by atoms with van der Waals surface area (Å²) in [6.45, 7) is 0. The quantitative estimate of drug-likeness (QED) is 0.174. The molecule has 9 aromatic rings. The molecule has 0 atom stereocenters. The van der Waals surface area contributed by atoms with Crippen LogP contribution < -0.4 is 0 Å². The molecule has 0 unspecified atom stereocenters. The largest absolute Gasteiger partial charge is 0.309 e. The van der Waals surface area contributed by atoms with Crippen LogP contribution in [0.4, 0.5) is 17.6 Å². The van der Waals surface area contributed by atoms with Crippen LogP contribution in [0.5, 0.6) is 0 Å². The third kappa shape index (κ3) is 4.81. The van der Waals surface area contributed by atoms with Gasteiger partial charge in [-0.15, -0.1) is 0 Å². The van der Waals surface area contributed by atoms with E-state index < -0.39 is 23.3 Å². The van der Waals surface area contributed by atoms with Crippen LogP contribution in [0.2, 0.25) is 0 Å². The fraction of sp³-hybridized carbons (Fsp3) is 0. The molecule has 0 bridgehead atoms. The normalized spacial score (nSPS) is 11.4. The lowest BCUT2D eigenvalue weighted by atomic mass is 9.93. The first-order valence-electron chi connectivity index (χ1n) is 16.3. The Morgan fingerprint density at radius 1 is 0.404 bits per heavy atom. The van der Waals surface area contributed by atoms with Gasteiger partial charge in [-0.25, -0.2) is 17.6 Å². The molecule has 0 saturated carbocycles. The number of hydrogen-bond acceptors (Lipinski definition) is 2. The molecule has 0 amide bonds. The monoisotopic (exact) mass is 682 g/mol. The van der Waals surface area contributed by atoms with Gasteiger partial charge in [0, 0.05) is 38.4 Å². The molecule has 8 heteroatoms. The van der Waals surface area contributed by atoms with Gasteiger partial charge in [0.15, 0.2) is 0 Å². The van der Waals surface area contributed by atoms with Crippen LogP contribution in [0.25, 0.3) is 77.2 Å². The molecule has 0 aliphatic carbocycles. The summed E-state index contributed by atoms with van der Waals surface area (Å²) < 4.78 is 62.9. The molecular formula is C44H22F4N4. The van der Waals surface area contributed by atoms with E-state index in [4.69, 9.17) is 0 Å². The Morgan fingerprint density at radius 3 is 1.13 bits per heavy atom. The maximum absolute atomic E-state index is 14.8. The molecule has 52 heavy (non-hydrogen) atoms. The van der Waals surface area contributed by atoms with Gasteiger partial charge >= 0.3 is 0 Å². The van der Waals surface area contributed by atoms with Gasteiger partial charge in [0.25, 0.3) is 0 Å². The second-order valence-corrected chi connectivity index (χ2v) is 12.6. The van der Waals surface area contributed by atoms with Crippen molar-refractivity contribution < 1.29 is 17.6 Å². The average Bonchev–Trinajstić information content (AvgIpc) is 3.65. The minimum Gasteiger partial charge on any atom is -0.309 e. The van der Waals surface area contributed by atoms with Crippen LogP contribution in [0, 0.1) is 45.9 Å². The van der Waals surface area contributed by atoms with E-state index in [1.807, 2.05) is 33.4 Å². The lowest BCUT2D eigenvalue weighted by molar-refractivity contribution is 0.628. The summed E-state index contributed by atoms with van der Waals surface area (Å²) in [7, 11) is 0. The van der Waals surface area contributed by atoms with Crippen molar-refractivity contribution in [3.8, 4) is 45.8 Å². The lowest BCUT2D eigenvalue weighted by Crippen LogP contribution is -2.04. The molecule has 0 radical (unpaired) electrons. The van der Waals surface area contributed by atoms with Crippen molar-refractivity contribution in [2.24, 2.45) is 0 Å². The van der Waals surface area contributed by atoms with Crippen molar-refractivity contribution >= 4 is 43.6 Å². The number of hydrogen-bond donors (Lipinski definition) is 0. The minimum absolute atomic E-state index is 0.413. The SMILES string of the molecule is N#Cc1cccc(-c2cc(-n3c4ccc(F)cc4c4cc(F)ccc43)cc(-c3cccc(C#N)c3)c2-n2c3ccc(F)cc3c3cc(F)ccc32)c1. The first kappa shape index (κ1) is 30.9. The first-order valence-corrected chi connectivity index (χ1v) is 16.3. The number of nitrogens with zero attached hydrogens (tertiary/aromatic N) is 4. The van der Waals surface area contributed by atoms with Gasteiger partial charge in [-0.1, -0.05) is 24.3 Å². The van der Waals surface area contributed by atoms with Crippen LogP contribution in [-0.2, 0) is 0 Å². The number of halogens is 4. The van der Waals surface area contributed by atoms with Crippen molar-refractivity contribution in [3.63, 3.8) is 0 Å². The Hall–Kier alpha value is -7.16. The molecule has 2 aromatic heterocycles. The minimum atomic E-state index is -0.478. The molecule has 9 rings (SSSR count). The highest BCUT2D eigenvalue weighted by molar-refractivity contribution is 6.12. The number of nitriles is 2. The van der Waals surface area contributed by atoms with E-state index in [0.29, 0.717) is 88.4 Å². The van der Waals surface area contributed by atoms with Crippen LogP contribution in [0.3, 0.4) is 0 Å². The predicted molar refractivity (Wildman–Crippen MR) is 195 cm³/mol. The Morgan fingerprint density at radius 2 is 0.769 bits per heavy atom. The Kier molecular flexibility index (Phi) is 6.96. The molecule has 246 valence electrons. The van der Waals surface area contributed by atoms with Crippen molar-refractivity contribution in [3.05, 3.63) is 168 Å². The van der Waals surface area contributed by atoms with Crippen LogP contribution in [-0.4, -0.2) is 9.13 Å². The lowest BCUT2D eigenvalue weighted by Gasteiger charge is -2.22. The van der Waals surface area contributed by atoms with Gasteiger partial charge in [0.1, 0.15) is 23.3 Å². The summed E-state index contributed by atoms with van der Waals surface area (Å²) in [4.78, 5) is 0. The number of fused-ring (bicyclic) bond motifs is 6. The van der Waals surface area contributed by atoms with Gasteiger partial charge < -0.3 is 9.13 Å². The third-order valence-corrected chi connectivity index (χ3v) is 9.56. The highest BCUT2D eigenvalue weighted by atomic mass is 19.1. The zero-order chi connectivity index (χ0) is 35.7. The molecule has 0 N–H and O–H groups in total. The van der Waals surface area contributed by atoms with Crippen LogP contribution >= 0.6 is 0 Å². The molecule has 0 spiro atoms. The Bertz CT molecular complexity index is 2850. The van der Waals surface area contributed by atoms with E-state index in [1.54, 1.807) is 60.7 Å². The van der Waals surface area contributed by atoms with E-state index in [0.717, 1.165) is 0 Å². The summed E-state index contributed by atoms with van der Waals surface area (Å²) in [5.74, 6) is -1.88. The first-order chi connectivity index (χ1) is 25.3. The van der Waals surface area contributed by atoms with Crippen molar-refractivity contribution in [1.29, 1.82) is 10.5 Å². The zero-order valence-corrected chi connectivity index (χ0v) is 27.0. The van der Waals surface area contributed by atoms with E-state index in [2.05, 4.69) is 12.1 Å². The van der Waals surface area contributed by atoms with Gasteiger partial charge in [-0.3, -0.25) is 0 Å². The van der Waals surface area contributed by atoms with E-state index >= 15 is 0 Å². The van der Waals surface area contributed by atoms with Crippen LogP contribution in [0.15, 0.2) is 133 Å². The highest BCUT2D eigenvalue weighted by Crippen LogP contribution is 2.44. The summed E-state index contributed by atoms with van der Waals surface area (Å²) in [6, 6.07) is 40.1. The Balaban J connectivity index is 1.51. The summed E-state index contributed by atoms with van der Waals surface area (Å²) >= 11 is 0. The maximum Gasteiger partial charge on any atom is 0.123 e. The summed E-state index contributed by atoms with van der Waals surface area (Å²) in [5, 5.41) is 21.9. The number of aromatic nitrogens is 2. The molecule has 0 saturated heterocycles. The maximum atomic E-state index is 14.8. The number of rotatable bonds is 4. The van der Waals surface area contributed by atoms with Gasteiger partial charge in [-0.05, 0) is 120 Å². The smallest absolute Gasteiger partial charge is 0.123 e. The second kappa shape index (κ2) is 11.7. The fourth-order valence-corrected chi connectivity index (χ4v) is 7.40. The van der Waals surface area contributed by atoms with Crippen molar-refractivity contribution in [2.75, 3.05) is 0 Å². The molecule has 0 aliphatic heterocycles. The molecule has 0 fully saturated rings. The molecular weight excluding hydrogens is 661 g/mol. The average molecular weight is 683 g/mol. The second-order valence-electron chi connectivity index (χ2n) is 12.6. The van der Waals surface area contributed by atoms with E-state index in [-0.39, 0.29) is 0 Å². The van der Waals surface area contributed by atoms with Crippen molar-refractivity contribution in [1.82, 2.24) is 9.13 Å². The zero-order valence-electron chi connectivity index (χ0n) is 27.0. The van der Waals surface area contributed by atoms with Gasteiger partial charge in [0.2, 0.25) is 0 Å². The summed E-state index contributed by atoms with van der Waals surface area (Å²) in [6.07, 6.45) is 0. The Labute approximate surface area is 293 Å². The topological polar surface area (TPSA) is 57.4 Å².